The maximum absolute atomic E-state index is 11.6. The number of para-hydroxylation sites is 2. The van der Waals surface area contributed by atoms with E-state index in [1.807, 2.05) is 24.3 Å². The van der Waals surface area contributed by atoms with Crippen molar-refractivity contribution in [1.29, 1.82) is 0 Å². The Kier molecular flexibility index (Phi) is 6.06. The molecule has 33 heavy (non-hydrogen) atoms. The minimum absolute atomic E-state index is 0.0735. The number of ether oxygens (including phenoxy) is 1. The molecular weight excluding hydrogens is 438 g/mol. The quantitative estimate of drug-likeness (QED) is 0.393. The van der Waals surface area contributed by atoms with Crippen LogP contribution in [0, 0.1) is 10.1 Å². The van der Waals surface area contributed by atoms with Crippen LogP contribution in [0.15, 0.2) is 70.5 Å². The molecule has 3 heterocycles. The Morgan fingerprint density at radius 3 is 2.24 bits per heavy atom. The third-order valence-electron chi connectivity index (χ3n) is 5.94. The second kappa shape index (κ2) is 9.29. The van der Waals surface area contributed by atoms with Gasteiger partial charge < -0.3 is 19.4 Å². The van der Waals surface area contributed by atoms with Gasteiger partial charge in [-0.2, -0.15) is 4.98 Å². The van der Waals surface area contributed by atoms with Crippen molar-refractivity contribution in [1.82, 2.24) is 9.88 Å². The van der Waals surface area contributed by atoms with E-state index in [4.69, 9.17) is 4.74 Å². The largest absolute Gasteiger partial charge is 0.471 e. The Hall–Kier alpha value is -3.30. The highest BCUT2D eigenvalue weighted by Crippen LogP contribution is 2.47. The highest BCUT2D eigenvalue weighted by Gasteiger charge is 2.25. The highest BCUT2D eigenvalue weighted by molar-refractivity contribution is 7.99. The molecule has 2 aliphatic rings. The number of anilines is 3. The summed E-state index contributed by atoms with van der Waals surface area (Å²) in [5, 5.41) is 11.6. The summed E-state index contributed by atoms with van der Waals surface area (Å²) < 4.78 is 5.95. The summed E-state index contributed by atoms with van der Waals surface area (Å²) in [4.78, 5) is 24.7. The number of benzene rings is 2. The summed E-state index contributed by atoms with van der Waals surface area (Å²) in [6.45, 7) is 4.35. The van der Waals surface area contributed by atoms with Gasteiger partial charge in [0.25, 0.3) is 5.88 Å². The van der Waals surface area contributed by atoms with Crippen molar-refractivity contribution in [2.45, 2.75) is 9.79 Å². The van der Waals surface area contributed by atoms with E-state index in [-0.39, 0.29) is 18.2 Å². The number of piperazine rings is 1. The van der Waals surface area contributed by atoms with Crippen molar-refractivity contribution in [3.05, 3.63) is 70.8 Å². The summed E-state index contributed by atoms with van der Waals surface area (Å²) in [6, 6.07) is 19.7. The minimum atomic E-state index is -0.432. The Morgan fingerprint density at radius 1 is 0.970 bits per heavy atom. The number of rotatable bonds is 6. The molecule has 3 aromatic rings. The van der Waals surface area contributed by atoms with Gasteiger partial charge >= 0.3 is 5.69 Å². The van der Waals surface area contributed by atoms with Crippen LogP contribution in [0.1, 0.15) is 0 Å². The lowest BCUT2D eigenvalue weighted by molar-refractivity contribution is -0.386. The van der Waals surface area contributed by atoms with Gasteiger partial charge in [0.15, 0.2) is 0 Å². The summed E-state index contributed by atoms with van der Waals surface area (Å²) in [5.74, 6) is 0.790. The molecule has 0 unspecified atom stereocenters. The fraction of sp³-hybridized carbons (Fsp3) is 0.292. The van der Waals surface area contributed by atoms with Gasteiger partial charge in [0.2, 0.25) is 0 Å². The second-order valence-corrected chi connectivity index (χ2v) is 9.16. The van der Waals surface area contributed by atoms with Crippen LogP contribution in [-0.2, 0) is 0 Å². The van der Waals surface area contributed by atoms with E-state index in [1.165, 1.54) is 15.9 Å². The van der Waals surface area contributed by atoms with E-state index in [0.717, 1.165) is 37.6 Å². The average Bonchev–Trinajstić information content (AvgIpc) is 2.84. The zero-order valence-electron chi connectivity index (χ0n) is 18.4. The highest BCUT2D eigenvalue weighted by atomic mass is 32.2. The van der Waals surface area contributed by atoms with Crippen LogP contribution >= 0.6 is 11.8 Å². The molecule has 0 radical (unpaired) electrons. The third-order valence-corrected chi connectivity index (χ3v) is 7.07. The summed E-state index contributed by atoms with van der Waals surface area (Å²) in [5.41, 5.74) is 2.11. The predicted molar refractivity (Wildman–Crippen MR) is 130 cm³/mol. The number of hydrogen-bond donors (Lipinski definition) is 0. The lowest BCUT2D eigenvalue weighted by Gasteiger charge is -2.33. The van der Waals surface area contributed by atoms with Crippen molar-refractivity contribution in [2.75, 3.05) is 56.2 Å². The molecule has 0 bridgehead atoms. The topological polar surface area (TPSA) is 75.0 Å². The molecule has 0 amide bonds. The van der Waals surface area contributed by atoms with Gasteiger partial charge in [0, 0.05) is 42.0 Å². The molecule has 5 rings (SSSR count). The fourth-order valence-corrected chi connectivity index (χ4v) is 5.23. The Labute approximate surface area is 196 Å². The van der Waals surface area contributed by atoms with Crippen LogP contribution in [0.2, 0.25) is 0 Å². The van der Waals surface area contributed by atoms with Crippen LogP contribution in [-0.4, -0.2) is 61.2 Å². The van der Waals surface area contributed by atoms with E-state index in [2.05, 4.69) is 51.0 Å². The molecule has 2 aromatic carbocycles. The molecule has 2 aliphatic heterocycles. The molecule has 170 valence electrons. The van der Waals surface area contributed by atoms with Crippen LogP contribution in [0.4, 0.5) is 22.9 Å². The monoisotopic (exact) mass is 463 g/mol. The van der Waals surface area contributed by atoms with Crippen LogP contribution in [0.25, 0.3) is 0 Å². The van der Waals surface area contributed by atoms with Gasteiger partial charge in [0.05, 0.1) is 22.8 Å². The third kappa shape index (κ3) is 4.46. The number of hydrogen-bond acceptors (Lipinski definition) is 8. The van der Waals surface area contributed by atoms with Gasteiger partial charge in [0.1, 0.15) is 12.4 Å². The van der Waals surface area contributed by atoms with Crippen molar-refractivity contribution in [3.8, 4) is 5.88 Å². The normalized spacial score (nSPS) is 15.7. The summed E-state index contributed by atoms with van der Waals surface area (Å²) in [7, 11) is 2.09. The molecule has 1 fully saturated rings. The standard InChI is InChI=1S/C24H25N5O3S/c1-26-12-14-27(15-13-26)23-11-10-20(29(30)31)24(25-23)32-17-16-28-18-6-2-4-8-21(18)33-22-9-5-3-7-19(22)28/h2-11H,12-17H2,1H3. The number of nitro groups is 1. The SMILES string of the molecule is CN1CCN(c2ccc([N+](=O)[O-])c(OCCN3c4ccccc4Sc4ccccc43)n2)CC1. The van der Waals surface area contributed by atoms with E-state index < -0.39 is 4.92 Å². The molecule has 0 N–H and O–H groups in total. The zero-order valence-corrected chi connectivity index (χ0v) is 19.2. The second-order valence-electron chi connectivity index (χ2n) is 8.08. The van der Waals surface area contributed by atoms with Crippen LogP contribution in [0.3, 0.4) is 0 Å². The van der Waals surface area contributed by atoms with Crippen molar-refractivity contribution >= 4 is 34.6 Å². The minimum Gasteiger partial charge on any atom is -0.471 e. The van der Waals surface area contributed by atoms with Crippen molar-refractivity contribution in [2.24, 2.45) is 0 Å². The molecular formula is C24H25N5O3S. The van der Waals surface area contributed by atoms with Gasteiger partial charge in [-0.1, -0.05) is 36.0 Å². The fourth-order valence-electron chi connectivity index (χ4n) is 4.14. The lowest BCUT2D eigenvalue weighted by Crippen LogP contribution is -2.44. The van der Waals surface area contributed by atoms with E-state index in [0.29, 0.717) is 12.4 Å². The molecule has 0 spiro atoms. The van der Waals surface area contributed by atoms with Crippen LogP contribution < -0.4 is 14.5 Å². The van der Waals surface area contributed by atoms with Crippen LogP contribution in [0.5, 0.6) is 5.88 Å². The molecule has 8 nitrogen and oxygen atoms in total. The first-order valence-corrected chi connectivity index (χ1v) is 11.8. The number of pyridine rings is 1. The maximum atomic E-state index is 11.6. The Bertz CT molecular complexity index is 1120. The maximum Gasteiger partial charge on any atom is 0.331 e. The summed E-state index contributed by atoms with van der Waals surface area (Å²) in [6.07, 6.45) is 0. The number of fused-ring (bicyclic) bond motifs is 2. The molecule has 1 aromatic heterocycles. The number of aromatic nitrogens is 1. The van der Waals surface area contributed by atoms with E-state index >= 15 is 0 Å². The first-order valence-electron chi connectivity index (χ1n) is 11.0. The van der Waals surface area contributed by atoms with Gasteiger partial charge in [-0.3, -0.25) is 10.1 Å². The number of nitrogens with zero attached hydrogens (tertiary/aromatic N) is 5. The lowest BCUT2D eigenvalue weighted by atomic mass is 10.2. The first kappa shape index (κ1) is 21.5. The summed E-state index contributed by atoms with van der Waals surface area (Å²) >= 11 is 1.75. The van der Waals surface area contributed by atoms with Crippen molar-refractivity contribution < 1.29 is 9.66 Å². The Balaban J connectivity index is 1.36. The predicted octanol–water partition coefficient (Wildman–Crippen LogP) is 4.42. The van der Waals surface area contributed by atoms with E-state index in [9.17, 15) is 10.1 Å². The van der Waals surface area contributed by atoms with Gasteiger partial charge in [-0.05, 0) is 37.4 Å². The zero-order chi connectivity index (χ0) is 22.8. The smallest absolute Gasteiger partial charge is 0.331 e. The van der Waals surface area contributed by atoms with Crippen molar-refractivity contribution in [3.63, 3.8) is 0 Å². The molecule has 0 saturated carbocycles. The molecule has 1 saturated heterocycles. The number of likely N-dealkylation sites (N-methyl/N-ethyl adjacent to an activating group) is 1. The van der Waals surface area contributed by atoms with Gasteiger partial charge in [-0.25, -0.2) is 0 Å². The average molecular weight is 464 g/mol. The molecule has 0 atom stereocenters. The first-order chi connectivity index (χ1) is 16.1. The van der Waals surface area contributed by atoms with E-state index in [1.54, 1.807) is 17.8 Å². The van der Waals surface area contributed by atoms with Gasteiger partial charge in [-0.15, -0.1) is 0 Å². The Morgan fingerprint density at radius 2 is 1.61 bits per heavy atom. The molecule has 9 heteroatoms. The molecule has 0 aliphatic carbocycles.